The second-order valence-electron chi connectivity index (χ2n) is 5.36. The fourth-order valence-electron chi connectivity index (χ4n) is 1.83. The van der Waals surface area contributed by atoms with Gasteiger partial charge in [-0.15, -0.1) is 0 Å². The largest absolute Gasteiger partial charge is 0.421 e. The molecule has 0 saturated heterocycles. The predicted molar refractivity (Wildman–Crippen MR) is 89.5 cm³/mol. The minimum absolute atomic E-state index is 0.391. The first-order chi connectivity index (χ1) is 9.16. The highest BCUT2D eigenvalue weighted by molar-refractivity contribution is 8.13. The van der Waals surface area contributed by atoms with E-state index in [-0.39, 0.29) is 0 Å². The number of rotatable bonds is 13. The van der Waals surface area contributed by atoms with Crippen LogP contribution in [0.25, 0.3) is 0 Å². The molecule has 0 saturated carbocycles. The first-order valence-electron chi connectivity index (χ1n) is 7.94. The molecule has 114 valence electrons. The zero-order valence-corrected chi connectivity index (χ0v) is 15.1. The lowest BCUT2D eigenvalue weighted by molar-refractivity contribution is -0.111. The third kappa shape index (κ3) is 16.1. The lowest BCUT2D eigenvalue weighted by Crippen LogP contribution is -2.08. The second kappa shape index (κ2) is 14.6. The van der Waals surface area contributed by atoms with Crippen LogP contribution in [0, 0.1) is 0 Å². The molecule has 0 aliphatic heterocycles. The van der Waals surface area contributed by atoms with E-state index in [2.05, 4.69) is 20.0 Å². The Morgan fingerprint density at radius 1 is 1.00 bits per heavy atom. The summed E-state index contributed by atoms with van der Waals surface area (Å²) in [4.78, 5) is 11.6. The fourth-order valence-corrected chi connectivity index (χ4v) is 3.33. The Labute approximate surface area is 125 Å². The van der Waals surface area contributed by atoms with Crippen molar-refractivity contribution in [1.29, 1.82) is 0 Å². The lowest BCUT2D eigenvalue weighted by Gasteiger charge is -2.06. The highest BCUT2D eigenvalue weighted by atomic mass is 32.2. The van der Waals surface area contributed by atoms with E-state index in [4.69, 9.17) is 4.43 Å². The Kier molecular flexibility index (Phi) is 14.8. The molecule has 0 aromatic carbocycles. The minimum Gasteiger partial charge on any atom is -0.421 e. The van der Waals surface area contributed by atoms with Gasteiger partial charge in [-0.05, 0) is 32.4 Å². The van der Waals surface area contributed by atoms with Crippen LogP contribution in [-0.2, 0) is 9.22 Å². The van der Waals surface area contributed by atoms with E-state index < -0.39 is 9.04 Å². The summed E-state index contributed by atoms with van der Waals surface area (Å²) in [5.41, 5.74) is 0. The first-order valence-corrected chi connectivity index (χ1v) is 11.7. The van der Waals surface area contributed by atoms with Gasteiger partial charge in [0.05, 0.1) is 0 Å². The molecule has 0 unspecified atom stereocenters. The number of hydrogen-bond donors (Lipinski definition) is 0. The van der Waals surface area contributed by atoms with Crippen molar-refractivity contribution >= 4 is 25.9 Å². The molecule has 19 heavy (non-hydrogen) atoms. The third-order valence-corrected chi connectivity index (χ3v) is 4.91. The zero-order valence-electron chi connectivity index (χ0n) is 13.1. The molecule has 0 aliphatic carbocycles. The average Bonchev–Trinajstić information content (AvgIpc) is 2.37. The van der Waals surface area contributed by atoms with Crippen LogP contribution in [0.5, 0.6) is 0 Å². The van der Waals surface area contributed by atoms with Gasteiger partial charge in [-0.1, -0.05) is 50.8 Å². The van der Waals surface area contributed by atoms with Gasteiger partial charge in [-0.3, -0.25) is 4.79 Å². The van der Waals surface area contributed by atoms with Crippen molar-refractivity contribution in [1.82, 2.24) is 0 Å². The summed E-state index contributed by atoms with van der Waals surface area (Å²) in [5, 5.41) is 0.391. The summed E-state index contributed by atoms with van der Waals surface area (Å²) < 4.78 is 5.62. The summed E-state index contributed by atoms with van der Waals surface area (Å²) >= 11 is 1.53. The molecule has 0 aliphatic rings. The lowest BCUT2D eigenvalue weighted by atomic mass is 10.1. The predicted octanol–water partition coefficient (Wildman–Crippen LogP) is 4.78. The maximum atomic E-state index is 11.6. The Morgan fingerprint density at radius 3 is 2.37 bits per heavy atom. The van der Waals surface area contributed by atoms with Crippen LogP contribution in [0.15, 0.2) is 0 Å². The Hall–Kier alpha value is 0.197. The summed E-state index contributed by atoms with van der Waals surface area (Å²) in [6.45, 7) is 7.54. The van der Waals surface area contributed by atoms with Gasteiger partial charge >= 0.3 is 0 Å². The van der Waals surface area contributed by atoms with Crippen LogP contribution in [0.2, 0.25) is 13.1 Å². The Balaban J connectivity index is 3.16. The van der Waals surface area contributed by atoms with Crippen molar-refractivity contribution in [2.75, 3.05) is 12.4 Å². The zero-order chi connectivity index (χ0) is 14.3. The first kappa shape index (κ1) is 19.2. The van der Waals surface area contributed by atoms with Crippen molar-refractivity contribution in [2.45, 2.75) is 77.8 Å². The molecule has 0 bridgehead atoms. The molecule has 0 fully saturated rings. The monoisotopic (exact) mass is 304 g/mol. The molecule has 0 aromatic rings. The number of thioether (sulfide) groups is 1. The Morgan fingerprint density at radius 2 is 1.68 bits per heavy atom. The highest BCUT2D eigenvalue weighted by Crippen LogP contribution is 2.13. The molecule has 4 heteroatoms. The maximum absolute atomic E-state index is 11.6. The summed E-state index contributed by atoms with van der Waals surface area (Å²) in [7, 11) is -0.827. The smallest absolute Gasteiger partial charge is 0.188 e. The molecule has 0 spiro atoms. The molecule has 0 amide bonds. The number of carbonyl (C=O) groups excluding carboxylic acids is 1. The molecule has 0 aromatic heterocycles. The number of hydrogen-bond acceptors (Lipinski definition) is 3. The van der Waals surface area contributed by atoms with Gasteiger partial charge < -0.3 is 4.43 Å². The fraction of sp³-hybridized carbons (Fsp3) is 0.933. The van der Waals surface area contributed by atoms with E-state index in [0.717, 1.165) is 38.0 Å². The summed E-state index contributed by atoms with van der Waals surface area (Å²) in [6, 6.07) is 0. The van der Waals surface area contributed by atoms with Gasteiger partial charge in [-0.25, -0.2) is 0 Å². The molecule has 0 heterocycles. The van der Waals surface area contributed by atoms with Crippen LogP contribution >= 0.6 is 11.8 Å². The Bertz CT molecular complexity index is 210. The topological polar surface area (TPSA) is 26.3 Å². The summed E-state index contributed by atoms with van der Waals surface area (Å²) in [5.74, 6) is 0.993. The van der Waals surface area contributed by atoms with Crippen LogP contribution in [0.4, 0.5) is 0 Å². The quantitative estimate of drug-likeness (QED) is 0.362. The molecular formula is C15H32O2SSi. The van der Waals surface area contributed by atoms with E-state index >= 15 is 0 Å². The van der Waals surface area contributed by atoms with Gasteiger partial charge in [0.25, 0.3) is 0 Å². The average molecular weight is 305 g/mol. The molecule has 0 rings (SSSR count). The normalized spacial score (nSPS) is 11.2. The van der Waals surface area contributed by atoms with Crippen LogP contribution in [-0.4, -0.2) is 26.5 Å². The van der Waals surface area contributed by atoms with Gasteiger partial charge in [0.2, 0.25) is 0 Å². The van der Waals surface area contributed by atoms with Gasteiger partial charge in [-0.2, -0.15) is 0 Å². The van der Waals surface area contributed by atoms with E-state index in [1.54, 1.807) is 0 Å². The van der Waals surface area contributed by atoms with Gasteiger partial charge in [0, 0.05) is 18.8 Å². The highest BCUT2D eigenvalue weighted by Gasteiger charge is 2.02. The third-order valence-electron chi connectivity index (χ3n) is 2.99. The van der Waals surface area contributed by atoms with E-state index in [9.17, 15) is 4.79 Å². The van der Waals surface area contributed by atoms with Crippen molar-refractivity contribution in [2.24, 2.45) is 0 Å². The molecule has 0 radical (unpaired) electrons. The second-order valence-corrected chi connectivity index (χ2v) is 8.95. The SMILES string of the molecule is CCCCCCCC(=O)SCCCCCO[SiH](C)C. The minimum atomic E-state index is -0.827. The van der Waals surface area contributed by atoms with Gasteiger partial charge in [0.15, 0.2) is 14.2 Å². The summed E-state index contributed by atoms with van der Waals surface area (Å²) in [6.07, 6.45) is 10.4. The number of carbonyl (C=O) groups is 1. The van der Waals surface area contributed by atoms with Crippen LogP contribution in [0.1, 0.15) is 64.7 Å². The van der Waals surface area contributed by atoms with Gasteiger partial charge in [0.1, 0.15) is 0 Å². The van der Waals surface area contributed by atoms with Crippen molar-refractivity contribution in [3.63, 3.8) is 0 Å². The van der Waals surface area contributed by atoms with Crippen LogP contribution < -0.4 is 0 Å². The molecular weight excluding hydrogens is 272 g/mol. The van der Waals surface area contributed by atoms with Crippen molar-refractivity contribution in [3.8, 4) is 0 Å². The van der Waals surface area contributed by atoms with Crippen LogP contribution in [0.3, 0.4) is 0 Å². The van der Waals surface area contributed by atoms with E-state index in [0.29, 0.717) is 5.12 Å². The van der Waals surface area contributed by atoms with E-state index in [1.807, 2.05) is 0 Å². The molecule has 2 nitrogen and oxygen atoms in total. The maximum Gasteiger partial charge on any atom is 0.188 e. The van der Waals surface area contributed by atoms with E-state index in [1.165, 1.54) is 43.9 Å². The van der Waals surface area contributed by atoms with Crippen molar-refractivity contribution < 1.29 is 9.22 Å². The standard InChI is InChI=1S/C15H32O2SSi/c1-4-5-6-7-9-12-15(16)18-14-11-8-10-13-17-19(2)3/h19H,4-14H2,1-3H3. The molecule has 0 atom stereocenters. The number of unbranched alkanes of at least 4 members (excludes halogenated alkanes) is 6. The molecule has 0 N–H and O–H groups in total. The van der Waals surface area contributed by atoms with Crippen molar-refractivity contribution in [3.05, 3.63) is 0 Å².